The van der Waals surface area contributed by atoms with E-state index in [9.17, 15) is 9.90 Å². The van der Waals surface area contributed by atoms with Crippen molar-refractivity contribution in [3.63, 3.8) is 0 Å². The third-order valence-electron chi connectivity index (χ3n) is 6.30. The van der Waals surface area contributed by atoms with Crippen LogP contribution in [0, 0.1) is 11.8 Å². The van der Waals surface area contributed by atoms with Crippen LogP contribution >= 0.6 is 0 Å². The molecule has 1 aliphatic heterocycles. The van der Waals surface area contributed by atoms with Crippen LogP contribution in [0.1, 0.15) is 61.7 Å². The SMILES string of the molecule is O=C(NC1CCCC(C2CC2)C1)c1ccc(N2CCC(O)CC2)cc1. The smallest absolute Gasteiger partial charge is 0.251 e. The third-order valence-corrected chi connectivity index (χ3v) is 6.30. The molecule has 1 saturated heterocycles. The second-order valence-electron chi connectivity index (χ2n) is 8.20. The normalized spacial score (nSPS) is 28.0. The molecule has 2 N–H and O–H groups in total. The summed E-state index contributed by atoms with van der Waals surface area (Å²) in [4.78, 5) is 14.9. The highest BCUT2D eigenvalue weighted by Crippen LogP contribution is 2.43. The standard InChI is InChI=1S/C21H30N2O2/c24-20-10-12-23(13-11-20)19-8-6-16(7-9-19)21(25)22-18-3-1-2-17(14-18)15-4-5-15/h6-9,15,17-18,20,24H,1-5,10-14H2,(H,22,25). The van der Waals surface area contributed by atoms with Crippen LogP contribution in [0.2, 0.25) is 0 Å². The van der Waals surface area contributed by atoms with Crippen LogP contribution in [0.4, 0.5) is 5.69 Å². The number of rotatable bonds is 4. The fraction of sp³-hybridized carbons (Fsp3) is 0.667. The van der Waals surface area contributed by atoms with Gasteiger partial charge in [-0.2, -0.15) is 0 Å². The maximum Gasteiger partial charge on any atom is 0.251 e. The summed E-state index contributed by atoms with van der Waals surface area (Å²) in [5.74, 6) is 1.86. The highest BCUT2D eigenvalue weighted by molar-refractivity contribution is 5.94. The molecule has 2 atom stereocenters. The lowest BCUT2D eigenvalue weighted by Gasteiger charge is -2.31. The summed E-state index contributed by atoms with van der Waals surface area (Å²) < 4.78 is 0. The monoisotopic (exact) mass is 342 g/mol. The lowest BCUT2D eigenvalue weighted by Crippen LogP contribution is -2.39. The number of amides is 1. The van der Waals surface area contributed by atoms with Gasteiger partial charge in [-0.05, 0) is 74.6 Å². The third kappa shape index (κ3) is 4.17. The van der Waals surface area contributed by atoms with E-state index in [1.807, 2.05) is 24.3 Å². The minimum atomic E-state index is -0.156. The molecule has 3 fully saturated rings. The summed E-state index contributed by atoms with van der Waals surface area (Å²) in [5.41, 5.74) is 1.91. The van der Waals surface area contributed by atoms with Crippen LogP contribution in [0.15, 0.2) is 24.3 Å². The Labute approximate surface area is 150 Å². The van der Waals surface area contributed by atoms with Crippen LogP contribution in [0.5, 0.6) is 0 Å². The van der Waals surface area contributed by atoms with E-state index in [0.29, 0.717) is 6.04 Å². The Kier molecular flexibility index (Phi) is 4.98. The van der Waals surface area contributed by atoms with Gasteiger partial charge in [0.25, 0.3) is 5.91 Å². The number of aliphatic hydroxyl groups is 1. The molecule has 1 heterocycles. The Hall–Kier alpha value is -1.55. The maximum absolute atomic E-state index is 12.6. The van der Waals surface area contributed by atoms with Gasteiger partial charge in [-0.25, -0.2) is 0 Å². The van der Waals surface area contributed by atoms with E-state index in [1.165, 1.54) is 32.1 Å². The van der Waals surface area contributed by atoms with Gasteiger partial charge in [0.15, 0.2) is 0 Å². The average molecular weight is 342 g/mol. The zero-order chi connectivity index (χ0) is 17.2. The van der Waals surface area contributed by atoms with Crippen LogP contribution in [-0.4, -0.2) is 36.2 Å². The predicted octanol–water partition coefficient (Wildman–Crippen LogP) is 3.35. The maximum atomic E-state index is 12.6. The summed E-state index contributed by atoms with van der Waals surface area (Å²) >= 11 is 0. The molecule has 1 aromatic carbocycles. The molecule has 2 saturated carbocycles. The van der Waals surface area contributed by atoms with Crippen molar-refractivity contribution in [3.05, 3.63) is 29.8 Å². The van der Waals surface area contributed by atoms with Crippen LogP contribution in [0.3, 0.4) is 0 Å². The highest BCUT2D eigenvalue weighted by atomic mass is 16.3. The van der Waals surface area contributed by atoms with Crippen molar-refractivity contribution in [3.8, 4) is 0 Å². The summed E-state index contributed by atoms with van der Waals surface area (Å²) in [5, 5.41) is 12.9. The number of carbonyl (C=O) groups excluding carboxylic acids is 1. The van der Waals surface area contributed by atoms with Crippen LogP contribution in [0.25, 0.3) is 0 Å². The van der Waals surface area contributed by atoms with Crippen molar-refractivity contribution in [2.45, 2.75) is 63.5 Å². The number of piperidine rings is 1. The van der Waals surface area contributed by atoms with Gasteiger partial charge in [0.2, 0.25) is 0 Å². The van der Waals surface area contributed by atoms with Gasteiger partial charge < -0.3 is 15.3 Å². The minimum Gasteiger partial charge on any atom is -0.393 e. The van der Waals surface area contributed by atoms with E-state index in [-0.39, 0.29) is 12.0 Å². The Balaban J connectivity index is 1.32. The Morgan fingerprint density at radius 3 is 2.36 bits per heavy atom. The number of anilines is 1. The van der Waals surface area contributed by atoms with Gasteiger partial charge >= 0.3 is 0 Å². The number of carbonyl (C=O) groups is 1. The number of hydrogen-bond donors (Lipinski definition) is 2. The summed E-state index contributed by atoms with van der Waals surface area (Å²) in [7, 11) is 0. The Bertz CT molecular complexity index is 588. The van der Waals surface area contributed by atoms with Crippen LogP contribution in [-0.2, 0) is 0 Å². The molecular weight excluding hydrogens is 312 g/mol. The number of hydrogen-bond acceptors (Lipinski definition) is 3. The van der Waals surface area contributed by atoms with Gasteiger partial charge in [0.05, 0.1) is 6.10 Å². The van der Waals surface area contributed by atoms with E-state index < -0.39 is 0 Å². The van der Waals surface area contributed by atoms with Crippen molar-refractivity contribution in [1.29, 1.82) is 0 Å². The zero-order valence-corrected chi connectivity index (χ0v) is 15.0. The van der Waals surface area contributed by atoms with E-state index in [1.54, 1.807) is 0 Å². The second kappa shape index (κ2) is 7.36. The first kappa shape index (κ1) is 16.9. The van der Waals surface area contributed by atoms with Crippen molar-refractivity contribution < 1.29 is 9.90 Å². The number of nitrogens with one attached hydrogen (secondary N) is 1. The van der Waals surface area contributed by atoms with E-state index in [0.717, 1.165) is 55.4 Å². The van der Waals surface area contributed by atoms with E-state index in [4.69, 9.17) is 0 Å². The lowest BCUT2D eigenvalue weighted by molar-refractivity contribution is 0.0917. The first-order valence-corrected chi connectivity index (χ1v) is 10.0. The van der Waals surface area contributed by atoms with Crippen LogP contribution < -0.4 is 10.2 Å². The minimum absolute atomic E-state index is 0.0714. The molecule has 0 radical (unpaired) electrons. The van der Waals surface area contributed by atoms with Crippen molar-refractivity contribution in [2.24, 2.45) is 11.8 Å². The largest absolute Gasteiger partial charge is 0.393 e. The molecule has 4 nitrogen and oxygen atoms in total. The molecule has 2 aliphatic carbocycles. The Morgan fingerprint density at radius 2 is 1.68 bits per heavy atom. The molecule has 2 unspecified atom stereocenters. The fourth-order valence-electron chi connectivity index (χ4n) is 4.57. The number of nitrogens with zero attached hydrogens (tertiary/aromatic N) is 1. The Morgan fingerprint density at radius 1 is 0.960 bits per heavy atom. The first-order chi connectivity index (χ1) is 12.2. The quantitative estimate of drug-likeness (QED) is 0.882. The van der Waals surface area contributed by atoms with Gasteiger partial charge in [0, 0.05) is 30.4 Å². The number of benzene rings is 1. The molecule has 0 spiro atoms. The van der Waals surface area contributed by atoms with Gasteiger partial charge in [0.1, 0.15) is 0 Å². The average Bonchev–Trinajstić information content (AvgIpc) is 3.48. The number of aliphatic hydroxyl groups excluding tert-OH is 1. The van der Waals surface area contributed by atoms with Crippen molar-refractivity contribution in [1.82, 2.24) is 5.32 Å². The summed E-state index contributed by atoms with van der Waals surface area (Å²) in [6, 6.07) is 8.32. The molecule has 4 rings (SSSR count). The van der Waals surface area contributed by atoms with Gasteiger partial charge in [-0.15, -0.1) is 0 Å². The molecule has 3 aliphatic rings. The van der Waals surface area contributed by atoms with Crippen molar-refractivity contribution in [2.75, 3.05) is 18.0 Å². The van der Waals surface area contributed by atoms with Crippen molar-refractivity contribution >= 4 is 11.6 Å². The molecule has 0 aromatic heterocycles. The molecule has 1 aromatic rings. The predicted molar refractivity (Wildman–Crippen MR) is 99.8 cm³/mol. The highest BCUT2D eigenvalue weighted by Gasteiger charge is 2.35. The zero-order valence-electron chi connectivity index (χ0n) is 15.0. The molecule has 4 heteroatoms. The second-order valence-corrected chi connectivity index (χ2v) is 8.20. The topological polar surface area (TPSA) is 52.6 Å². The first-order valence-electron chi connectivity index (χ1n) is 10.0. The molecular formula is C21H30N2O2. The summed E-state index contributed by atoms with van der Waals surface area (Å²) in [6.07, 6.45) is 9.21. The van der Waals surface area contributed by atoms with E-state index in [2.05, 4.69) is 10.2 Å². The summed E-state index contributed by atoms with van der Waals surface area (Å²) in [6.45, 7) is 1.77. The molecule has 25 heavy (non-hydrogen) atoms. The molecule has 0 bridgehead atoms. The van der Waals surface area contributed by atoms with E-state index >= 15 is 0 Å². The molecule has 1 amide bonds. The van der Waals surface area contributed by atoms with Gasteiger partial charge in [-0.3, -0.25) is 4.79 Å². The molecule has 136 valence electrons. The van der Waals surface area contributed by atoms with Gasteiger partial charge in [-0.1, -0.05) is 12.8 Å². The lowest BCUT2D eigenvalue weighted by atomic mass is 9.82. The fourth-order valence-corrected chi connectivity index (χ4v) is 4.57.